The first-order valence-electron chi connectivity index (χ1n) is 8.35. The lowest BCUT2D eigenvalue weighted by molar-refractivity contribution is -0.137. The Kier molecular flexibility index (Phi) is 5.83. The van der Waals surface area contributed by atoms with Gasteiger partial charge < -0.3 is 9.64 Å². The smallest absolute Gasteiger partial charge is 0.381 e. The lowest BCUT2D eigenvalue weighted by atomic mass is 10.1. The summed E-state index contributed by atoms with van der Waals surface area (Å²) in [5, 5.41) is -0.514. The van der Waals surface area contributed by atoms with Gasteiger partial charge in [-0.15, -0.1) is 0 Å². The van der Waals surface area contributed by atoms with Crippen LogP contribution in [-0.2, 0) is 20.9 Å². The van der Waals surface area contributed by atoms with E-state index in [9.17, 15) is 21.6 Å². The number of hydrogen-bond donors (Lipinski definition) is 0. The average molecular weight is 413 g/mol. The fourth-order valence-corrected chi connectivity index (χ4v) is 4.95. The van der Waals surface area contributed by atoms with Crippen LogP contribution in [0.1, 0.15) is 12.0 Å². The first-order valence-corrected chi connectivity index (χ1v) is 10.2. The van der Waals surface area contributed by atoms with E-state index in [0.29, 0.717) is 25.1 Å². The quantitative estimate of drug-likeness (QED) is 0.763. The molecule has 1 aromatic rings. The van der Waals surface area contributed by atoms with E-state index in [-0.39, 0.29) is 18.0 Å². The molecule has 2 saturated heterocycles. The van der Waals surface area contributed by atoms with Gasteiger partial charge >= 0.3 is 6.18 Å². The van der Waals surface area contributed by atoms with Gasteiger partial charge in [0.1, 0.15) is 0 Å². The Morgan fingerprint density at radius 3 is 2.46 bits per heavy atom. The fourth-order valence-electron chi connectivity index (χ4n) is 3.28. The molecule has 2 heterocycles. The summed E-state index contributed by atoms with van der Waals surface area (Å²) in [6.07, 6.45) is -3.70. The molecule has 1 aromatic carbocycles. The van der Waals surface area contributed by atoms with Crippen LogP contribution in [-0.4, -0.2) is 63.6 Å². The highest BCUT2D eigenvalue weighted by Crippen LogP contribution is 2.36. The predicted molar refractivity (Wildman–Crippen MR) is 90.6 cm³/mol. The maximum atomic E-state index is 13.0. The molecule has 0 amide bonds. The monoisotopic (exact) mass is 412 g/mol. The second-order valence-electron chi connectivity index (χ2n) is 6.57. The Hall–Kier alpha value is -0.870. The van der Waals surface area contributed by atoms with Crippen molar-refractivity contribution in [1.29, 1.82) is 0 Å². The highest BCUT2D eigenvalue weighted by Gasteiger charge is 2.36. The van der Waals surface area contributed by atoms with Crippen molar-refractivity contribution in [2.24, 2.45) is 5.92 Å². The van der Waals surface area contributed by atoms with Crippen molar-refractivity contribution in [3.63, 3.8) is 0 Å². The molecule has 10 heteroatoms. The summed E-state index contributed by atoms with van der Waals surface area (Å²) in [6.45, 7) is 3.94. The number of benzene rings is 1. The number of rotatable bonds is 4. The molecular formula is C16H20ClF3N2O3S. The molecule has 1 atom stereocenters. The summed E-state index contributed by atoms with van der Waals surface area (Å²) >= 11 is 5.57. The van der Waals surface area contributed by atoms with Crippen molar-refractivity contribution in [1.82, 2.24) is 9.21 Å². The molecule has 3 rings (SSSR count). The molecule has 2 fully saturated rings. The van der Waals surface area contributed by atoms with Gasteiger partial charge in [0.15, 0.2) is 0 Å². The zero-order valence-corrected chi connectivity index (χ0v) is 15.6. The van der Waals surface area contributed by atoms with Gasteiger partial charge in [-0.05, 0) is 30.5 Å². The molecule has 146 valence electrons. The molecule has 26 heavy (non-hydrogen) atoms. The van der Waals surface area contributed by atoms with Gasteiger partial charge in [-0.3, -0.25) is 0 Å². The van der Waals surface area contributed by atoms with Crippen LogP contribution in [0, 0.1) is 5.92 Å². The van der Waals surface area contributed by atoms with Gasteiger partial charge in [0.25, 0.3) is 0 Å². The topological polar surface area (TPSA) is 49.9 Å². The summed E-state index contributed by atoms with van der Waals surface area (Å²) in [7, 11) is -3.99. The van der Waals surface area contributed by atoms with Gasteiger partial charge in [0.05, 0.1) is 22.1 Å². The Morgan fingerprint density at radius 2 is 1.88 bits per heavy atom. The van der Waals surface area contributed by atoms with E-state index in [1.807, 2.05) is 0 Å². The van der Waals surface area contributed by atoms with Crippen molar-refractivity contribution in [2.45, 2.75) is 17.5 Å². The normalized spacial score (nSPS) is 23.5. The van der Waals surface area contributed by atoms with Crippen molar-refractivity contribution in [3.8, 4) is 0 Å². The predicted octanol–water partition coefficient (Wildman–Crippen LogP) is 2.70. The molecule has 0 N–H and O–H groups in total. The minimum atomic E-state index is -4.70. The minimum absolute atomic E-state index is 0.250. The third-order valence-electron chi connectivity index (χ3n) is 4.75. The van der Waals surface area contributed by atoms with E-state index in [1.165, 1.54) is 4.31 Å². The van der Waals surface area contributed by atoms with Crippen molar-refractivity contribution in [3.05, 3.63) is 28.8 Å². The summed E-state index contributed by atoms with van der Waals surface area (Å²) in [6, 6.07) is 2.71. The molecule has 0 bridgehead atoms. The van der Waals surface area contributed by atoms with E-state index < -0.39 is 26.8 Å². The number of nitrogens with zero attached hydrogens (tertiary/aromatic N) is 2. The van der Waals surface area contributed by atoms with E-state index in [0.717, 1.165) is 38.3 Å². The first kappa shape index (κ1) is 19.9. The maximum absolute atomic E-state index is 13.0. The molecule has 5 nitrogen and oxygen atoms in total. The van der Waals surface area contributed by atoms with E-state index in [2.05, 4.69) is 4.90 Å². The summed E-state index contributed by atoms with van der Waals surface area (Å²) in [5.41, 5.74) is -1.14. The molecule has 1 unspecified atom stereocenters. The summed E-state index contributed by atoms with van der Waals surface area (Å²) in [4.78, 5) is 1.79. The lowest BCUT2D eigenvalue weighted by Crippen LogP contribution is -2.49. The van der Waals surface area contributed by atoms with Crippen LogP contribution in [0.5, 0.6) is 0 Å². The Balaban J connectivity index is 1.69. The van der Waals surface area contributed by atoms with E-state index in [4.69, 9.17) is 16.3 Å². The molecule has 2 aliphatic rings. The average Bonchev–Trinajstić information content (AvgIpc) is 3.07. The largest absolute Gasteiger partial charge is 0.417 e. The highest BCUT2D eigenvalue weighted by atomic mass is 35.5. The Bertz CT molecular complexity index is 744. The lowest BCUT2D eigenvalue weighted by Gasteiger charge is -2.35. The maximum Gasteiger partial charge on any atom is 0.417 e. The molecule has 0 aromatic heterocycles. The molecule has 0 saturated carbocycles. The van der Waals surface area contributed by atoms with Crippen LogP contribution in [0.25, 0.3) is 0 Å². The number of sulfonamides is 1. The first-order chi connectivity index (χ1) is 12.2. The molecule has 0 aliphatic carbocycles. The summed E-state index contributed by atoms with van der Waals surface area (Å²) in [5.74, 6) is 0.462. The SMILES string of the molecule is O=S(=O)(c1ccc(Cl)c(C(F)(F)F)c1)N1CCN(CC2CCOC2)CC1. The van der Waals surface area contributed by atoms with Gasteiger partial charge in [0, 0.05) is 39.3 Å². The highest BCUT2D eigenvalue weighted by molar-refractivity contribution is 7.89. The van der Waals surface area contributed by atoms with Gasteiger partial charge in [-0.1, -0.05) is 11.6 Å². The van der Waals surface area contributed by atoms with Crippen molar-refractivity contribution < 1.29 is 26.3 Å². The molecule has 2 aliphatic heterocycles. The van der Waals surface area contributed by atoms with E-state index in [1.54, 1.807) is 0 Å². The van der Waals surface area contributed by atoms with Crippen LogP contribution >= 0.6 is 11.6 Å². The second-order valence-corrected chi connectivity index (χ2v) is 8.92. The third-order valence-corrected chi connectivity index (χ3v) is 6.98. The Labute approximate surface area is 155 Å². The van der Waals surface area contributed by atoms with Gasteiger partial charge in [0.2, 0.25) is 10.0 Å². The van der Waals surface area contributed by atoms with Crippen LogP contribution in [0.15, 0.2) is 23.1 Å². The second kappa shape index (κ2) is 7.63. The fraction of sp³-hybridized carbons (Fsp3) is 0.625. The van der Waals surface area contributed by atoms with Gasteiger partial charge in [-0.2, -0.15) is 17.5 Å². The standard InChI is InChI=1S/C16H20ClF3N2O3S/c17-15-2-1-13(9-14(15)16(18,19)20)26(23,24)22-6-4-21(5-7-22)10-12-3-8-25-11-12/h1-2,9,12H,3-8,10-11H2. The summed E-state index contributed by atoms with van der Waals surface area (Å²) < 4.78 is 71.0. The van der Waals surface area contributed by atoms with Crippen molar-refractivity contribution >= 4 is 21.6 Å². The Morgan fingerprint density at radius 1 is 1.19 bits per heavy atom. The van der Waals surface area contributed by atoms with Crippen LogP contribution in [0.3, 0.4) is 0 Å². The number of alkyl halides is 3. The number of piperazine rings is 1. The zero-order chi connectivity index (χ0) is 18.9. The zero-order valence-electron chi connectivity index (χ0n) is 14.0. The number of ether oxygens (including phenoxy) is 1. The molecule has 0 radical (unpaired) electrons. The minimum Gasteiger partial charge on any atom is -0.381 e. The van der Waals surface area contributed by atoms with Crippen LogP contribution in [0.4, 0.5) is 13.2 Å². The number of hydrogen-bond acceptors (Lipinski definition) is 4. The molecular weight excluding hydrogens is 393 g/mol. The molecule has 0 spiro atoms. The number of halogens is 4. The van der Waals surface area contributed by atoms with Gasteiger partial charge in [-0.25, -0.2) is 8.42 Å². The van der Waals surface area contributed by atoms with E-state index >= 15 is 0 Å². The third kappa shape index (κ3) is 4.33. The van der Waals surface area contributed by atoms with Crippen LogP contribution < -0.4 is 0 Å². The van der Waals surface area contributed by atoms with Crippen LogP contribution in [0.2, 0.25) is 5.02 Å². The van der Waals surface area contributed by atoms with Crippen molar-refractivity contribution in [2.75, 3.05) is 45.9 Å².